The lowest BCUT2D eigenvalue weighted by atomic mass is 10.1. The second-order valence-corrected chi connectivity index (χ2v) is 5.72. The molecule has 26 heavy (non-hydrogen) atoms. The molecule has 0 saturated heterocycles. The number of aromatic nitrogens is 1. The van der Waals surface area contributed by atoms with Crippen LogP contribution in [0.25, 0.3) is 0 Å². The minimum absolute atomic E-state index is 0.135. The normalized spacial score (nSPS) is 10.2. The fourth-order valence-corrected chi connectivity index (χ4v) is 2.49. The Kier molecular flexibility index (Phi) is 5.03. The molecule has 1 heterocycles. The van der Waals surface area contributed by atoms with Crippen molar-refractivity contribution in [2.75, 3.05) is 17.7 Å². The van der Waals surface area contributed by atoms with Crippen LogP contribution in [-0.2, 0) is 7.05 Å². The molecule has 2 N–H and O–H groups in total. The second-order valence-electron chi connectivity index (χ2n) is 5.72. The second kappa shape index (κ2) is 7.57. The zero-order valence-corrected chi connectivity index (χ0v) is 14.5. The molecule has 132 valence electrons. The molecule has 0 aliphatic carbocycles. The van der Waals surface area contributed by atoms with Crippen molar-refractivity contribution >= 4 is 23.0 Å². The average Bonchev–Trinajstić information content (AvgIpc) is 2.66. The van der Waals surface area contributed by atoms with Crippen molar-refractivity contribution in [2.45, 2.75) is 0 Å². The van der Waals surface area contributed by atoms with E-state index < -0.39 is 0 Å². The fraction of sp³-hybridized carbons (Fsp3) is 0.100. The van der Waals surface area contributed by atoms with Gasteiger partial charge in [0.15, 0.2) is 0 Å². The quantitative estimate of drug-likeness (QED) is 0.741. The third-order valence-corrected chi connectivity index (χ3v) is 3.88. The zero-order chi connectivity index (χ0) is 18.5. The molecule has 0 atom stereocenters. The Bertz CT molecular complexity index is 978. The Morgan fingerprint density at radius 2 is 1.65 bits per heavy atom. The van der Waals surface area contributed by atoms with E-state index in [0.717, 1.165) is 11.4 Å². The molecular weight excluding hydrogens is 330 g/mol. The van der Waals surface area contributed by atoms with Crippen molar-refractivity contribution in [2.24, 2.45) is 7.05 Å². The molecule has 1 amide bonds. The van der Waals surface area contributed by atoms with Crippen LogP contribution < -0.4 is 20.9 Å². The van der Waals surface area contributed by atoms with Crippen molar-refractivity contribution in [3.05, 3.63) is 82.8 Å². The summed E-state index contributed by atoms with van der Waals surface area (Å²) >= 11 is 0. The van der Waals surface area contributed by atoms with Gasteiger partial charge in [-0.2, -0.15) is 0 Å². The highest BCUT2D eigenvalue weighted by atomic mass is 16.5. The maximum Gasteiger partial charge on any atom is 0.257 e. The molecule has 0 unspecified atom stereocenters. The highest BCUT2D eigenvalue weighted by Gasteiger charge is 2.12. The molecule has 3 rings (SSSR count). The Morgan fingerprint density at radius 1 is 0.962 bits per heavy atom. The molecule has 0 bridgehead atoms. The number of anilines is 3. The Hall–Kier alpha value is -3.54. The Labute approximate surface area is 151 Å². The van der Waals surface area contributed by atoms with Crippen molar-refractivity contribution in [1.82, 2.24) is 4.57 Å². The van der Waals surface area contributed by atoms with Gasteiger partial charge in [-0.3, -0.25) is 9.59 Å². The predicted molar refractivity (Wildman–Crippen MR) is 102 cm³/mol. The molecule has 0 aliphatic rings. The SMILES string of the molecule is COc1ccc(Nc2ccccc2C(=O)Nc2ccc(=O)n(C)c2)cc1. The summed E-state index contributed by atoms with van der Waals surface area (Å²) in [5, 5.41) is 6.05. The molecule has 0 radical (unpaired) electrons. The number of aryl methyl sites for hydroxylation is 1. The molecule has 0 saturated carbocycles. The molecule has 6 nitrogen and oxygen atoms in total. The first-order valence-corrected chi connectivity index (χ1v) is 8.05. The minimum atomic E-state index is -0.264. The van der Waals surface area contributed by atoms with Gasteiger partial charge in [0.25, 0.3) is 5.91 Å². The maximum absolute atomic E-state index is 12.7. The van der Waals surface area contributed by atoms with E-state index in [9.17, 15) is 9.59 Å². The van der Waals surface area contributed by atoms with Crippen molar-refractivity contribution in [3.8, 4) is 5.75 Å². The van der Waals surface area contributed by atoms with E-state index in [1.54, 1.807) is 38.6 Å². The summed E-state index contributed by atoms with van der Waals surface area (Å²) in [5.41, 5.74) is 2.44. The standard InChI is InChI=1S/C20H19N3O3/c1-23-13-15(9-12-19(23)24)22-20(25)17-5-3-4-6-18(17)21-14-7-10-16(26-2)11-8-14/h3-13,21H,1-2H3,(H,22,25). The average molecular weight is 349 g/mol. The van der Waals surface area contributed by atoms with Crippen LogP contribution in [-0.4, -0.2) is 17.6 Å². The van der Waals surface area contributed by atoms with E-state index >= 15 is 0 Å². The zero-order valence-electron chi connectivity index (χ0n) is 14.5. The third-order valence-electron chi connectivity index (χ3n) is 3.88. The number of carbonyl (C=O) groups is 1. The van der Waals surface area contributed by atoms with Gasteiger partial charge in [-0.25, -0.2) is 0 Å². The van der Waals surface area contributed by atoms with E-state index in [2.05, 4.69) is 10.6 Å². The largest absolute Gasteiger partial charge is 0.497 e. The lowest BCUT2D eigenvalue weighted by Gasteiger charge is -2.13. The van der Waals surface area contributed by atoms with E-state index in [1.165, 1.54) is 10.6 Å². The van der Waals surface area contributed by atoms with E-state index in [1.807, 2.05) is 36.4 Å². The first-order valence-electron chi connectivity index (χ1n) is 8.05. The molecule has 0 aliphatic heterocycles. The van der Waals surface area contributed by atoms with Gasteiger partial charge in [0.05, 0.1) is 24.0 Å². The molecule has 0 fully saturated rings. The van der Waals surface area contributed by atoms with Crippen LogP contribution in [0, 0.1) is 0 Å². The first kappa shape index (κ1) is 17.3. The van der Waals surface area contributed by atoms with E-state index in [-0.39, 0.29) is 11.5 Å². The van der Waals surface area contributed by atoms with E-state index in [0.29, 0.717) is 16.9 Å². The summed E-state index contributed by atoms with van der Waals surface area (Å²) in [6.45, 7) is 0. The number of hydrogen-bond acceptors (Lipinski definition) is 4. The molecule has 0 spiro atoms. The van der Waals surface area contributed by atoms with Crippen molar-refractivity contribution in [3.63, 3.8) is 0 Å². The lowest BCUT2D eigenvalue weighted by Crippen LogP contribution is -2.18. The summed E-state index contributed by atoms with van der Waals surface area (Å²) in [7, 11) is 3.25. The summed E-state index contributed by atoms with van der Waals surface area (Å²) in [6.07, 6.45) is 1.58. The maximum atomic E-state index is 12.7. The van der Waals surface area contributed by atoms with Gasteiger partial charge >= 0.3 is 0 Å². The molecule has 2 aromatic carbocycles. The number of nitrogens with zero attached hydrogens (tertiary/aromatic N) is 1. The highest BCUT2D eigenvalue weighted by Crippen LogP contribution is 2.23. The number of carbonyl (C=O) groups excluding carboxylic acids is 1. The number of amides is 1. The van der Waals surface area contributed by atoms with Gasteiger partial charge in [-0.1, -0.05) is 12.1 Å². The molecule has 3 aromatic rings. The van der Waals surface area contributed by atoms with Gasteiger partial charge in [0.1, 0.15) is 5.75 Å². The number of pyridine rings is 1. The number of methoxy groups -OCH3 is 1. The molecule has 1 aromatic heterocycles. The van der Waals surface area contributed by atoms with Gasteiger partial charge in [0.2, 0.25) is 5.56 Å². The predicted octanol–water partition coefficient (Wildman–Crippen LogP) is 3.39. The van der Waals surface area contributed by atoms with Gasteiger partial charge in [0, 0.05) is 25.0 Å². The highest BCUT2D eigenvalue weighted by molar-refractivity contribution is 6.08. The van der Waals surface area contributed by atoms with Crippen LogP contribution in [0.3, 0.4) is 0 Å². The number of rotatable bonds is 5. The van der Waals surface area contributed by atoms with E-state index in [4.69, 9.17) is 4.74 Å². The monoisotopic (exact) mass is 349 g/mol. The Morgan fingerprint density at radius 3 is 2.35 bits per heavy atom. The van der Waals surface area contributed by atoms with Crippen LogP contribution in [0.2, 0.25) is 0 Å². The van der Waals surface area contributed by atoms with Crippen LogP contribution in [0.4, 0.5) is 17.1 Å². The summed E-state index contributed by atoms with van der Waals surface area (Å²) in [5.74, 6) is 0.497. The van der Waals surface area contributed by atoms with Crippen LogP contribution in [0.5, 0.6) is 5.75 Å². The number of benzene rings is 2. The summed E-state index contributed by atoms with van der Waals surface area (Å²) in [6, 6.07) is 17.7. The molecular formula is C20H19N3O3. The third kappa shape index (κ3) is 3.92. The summed E-state index contributed by atoms with van der Waals surface area (Å²) < 4.78 is 6.56. The number of nitrogens with one attached hydrogen (secondary N) is 2. The number of para-hydroxylation sites is 1. The van der Waals surface area contributed by atoms with Crippen LogP contribution >= 0.6 is 0 Å². The van der Waals surface area contributed by atoms with Gasteiger partial charge in [-0.15, -0.1) is 0 Å². The van der Waals surface area contributed by atoms with Gasteiger partial charge in [-0.05, 0) is 42.5 Å². The van der Waals surface area contributed by atoms with Gasteiger partial charge < -0.3 is 19.9 Å². The Balaban J connectivity index is 1.82. The lowest BCUT2D eigenvalue weighted by molar-refractivity contribution is 0.102. The van der Waals surface area contributed by atoms with Crippen molar-refractivity contribution in [1.29, 1.82) is 0 Å². The van der Waals surface area contributed by atoms with Crippen LogP contribution in [0.15, 0.2) is 71.7 Å². The minimum Gasteiger partial charge on any atom is -0.497 e. The van der Waals surface area contributed by atoms with Crippen molar-refractivity contribution < 1.29 is 9.53 Å². The molecule has 6 heteroatoms. The summed E-state index contributed by atoms with van der Waals surface area (Å²) in [4.78, 5) is 24.1. The smallest absolute Gasteiger partial charge is 0.257 e. The fourth-order valence-electron chi connectivity index (χ4n) is 2.49. The van der Waals surface area contributed by atoms with Crippen LogP contribution in [0.1, 0.15) is 10.4 Å². The topological polar surface area (TPSA) is 72.4 Å². The number of hydrogen-bond donors (Lipinski definition) is 2. The first-order chi connectivity index (χ1) is 12.6. The number of ether oxygens (including phenoxy) is 1.